The lowest BCUT2D eigenvalue weighted by molar-refractivity contribution is 0.616. The van der Waals surface area contributed by atoms with E-state index in [9.17, 15) is 0 Å². The molecule has 1 nitrogen and oxygen atoms in total. The summed E-state index contributed by atoms with van der Waals surface area (Å²) in [7, 11) is 3.68. The largest absolute Gasteiger partial charge is 0.329 e. The highest BCUT2D eigenvalue weighted by Crippen LogP contribution is 2.27. The van der Waals surface area contributed by atoms with E-state index >= 15 is 0 Å². The Morgan fingerprint density at radius 3 is 2.11 bits per heavy atom. The van der Waals surface area contributed by atoms with Gasteiger partial charge in [-0.1, -0.05) is 35.4 Å². The van der Waals surface area contributed by atoms with Gasteiger partial charge in [0.25, 0.3) is 0 Å². The van der Waals surface area contributed by atoms with Gasteiger partial charge in [-0.3, -0.25) is 0 Å². The zero-order chi connectivity index (χ0) is 7.28. The molecule has 0 rings (SSSR count). The van der Waals surface area contributed by atoms with Gasteiger partial charge in [0.2, 0.25) is 0 Å². The van der Waals surface area contributed by atoms with Crippen molar-refractivity contribution in [3.8, 4) is 0 Å². The molecular weight excluding hydrogens is 150 g/mol. The highest BCUT2D eigenvalue weighted by atomic mass is 33.1. The Balaban J connectivity index is 3.41. The van der Waals surface area contributed by atoms with E-state index in [1.54, 1.807) is 10.8 Å². The molecule has 0 aliphatic carbocycles. The fourth-order valence-corrected chi connectivity index (χ4v) is 2.74. The molecule has 0 heterocycles. The maximum atomic E-state index is 5.53. The molecule has 0 saturated heterocycles. The van der Waals surface area contributed by atoms with Crippen molar-refractivity contribution < 1.29 is 0 Å². The van der Waals surface area contributed by atoms with Gasteiger partial charge < -0.3 is 5.73 Å². The zero-order valence-electron chi connectivity index (χ0n) is 6.26. The fraction of sp³-hybridized carbons (Fsp3) is 1.00. The van der Waals surface area contributed by atoms with Gasteiger partial charge >= 0.3 is 0 Å². The fourth-order valence-electron chi connectivity index (χ4n) is 0.546. The molecule has 0 aromatic rings. The Bertz CT molecular complexity index is 66.1. The highest BCUT2D eigenvalue weighted by molar-refractivity contribution is 8.76. The molecule has 0 saturated carbocycles. The molecule has 0 aliphatic heterocycles. The van der Waals surface area contributed by atoms with E-state index in [-0.39, 0.29) is 0 Å². The van der Waals surface area contributed by atoms with Crippen LogP contribution < -0.4 is 5.73 Å². The molecule has 0 bridgehead atoms. The summed E-state index contributed by atoms with van der Waals surface area (Å²) in [6.07, 6.45) is 2.09. The maximum absolute atomic E-state index is 5.53. The van der Waals surface area contributed by atoms with Crippen LogP contribution in [0.2, 0.25) is 0 Å². The molecule has 0 aromatic heterocycles. The van der Waals surface area contributed by atoms with Crippen molar-refractivity contribution in [3.63, 3.8) is 0 Å². The molecule has 9 heavy (non-hydrogen) atoms. The average molecular weight is 165 g/mol. The minimum Gasteiger partial charge on any atom is -0.329 e. The second kappa shape index (κ2) is 5.45. The van der Waals surface area contributed by atoms with Crippen LogP contribution in [0.15, 0.2) is 0 Å². The van der Waals surface area contributed by atoms with Gasteiger partial charge in [-0.15, -0.1) is 0 Å². The summed E-state index contributed by atoms with van der Waals surface area (Å²) in [4.78, 5) is 0. The molecular formula is C6H15NS2. The molecule has 3 heteroatoms. The van der Waals surface area contributed by atoms with E-state index in [1.165, 1.54) is 0 Å². The van der Waals surface area contributed by atoms with Crippen LogP contribution in [0.1, 0.15) is 13.8 Å². The molecule has 0 spiro atoms. The predicted molar refractivity (Wildman–Crippen MR) is 48.8 cm³/mol. The van der Waals surface area contributed by atoms with Crippen LogP contribution in [0.25, 0.3) is 0 Å². The van der Waals surface area contributed by atoms with Gasteiger partial charge in [-0.2, -0.15) is 0 Å². The smallest absolute Gasteiger partial charge is 0.0296 e. The van der Waals surface area contributed by atoms with Crippen LogP contribution in [0.3, 0.4) is 0 Å². The lowest BCUT2D eigenvalue weighted by Gasteiger charge is -2.15. The molecule has 0 radical (unpaired) electrons. The van der Waals surface area contributed by atoms with E-state index in [2.05, 4.69) is 20.1 Å². The van der Waals surface area contributed by atoms with Crippen LogP contribution >= 0.6 is 21.6 Å². The van der Waals surface area contributed by atoms with Gasteiger partial charge in [-0.05, 0) is 12.2 Å². The summed E-state index contributed by atoms with van der Waals surface area (Å²) < 4.78 is 0. The van der Waals surface area contributed by atoms with Crippen LogP contribution in [0.4, 0.5) is 0 Å². The lowest BCUT2D eigenvalue weighted by Crippen LogP contribution is -2.21. The number of rotatable bonds is 4. The van der Waals surface area contributed by atoms with E-state index in [0.717, 1.165) is 6.54 Å². The summed E-state index contributed by atoms with van der Waals surface area (Å²) in [5.41, 5.74) is 5.53. The Morgan fingerprint density at radius 2 is 2.00 bits per heavy atom. The van der Waals surface area contributed by atoms with E-state index in [1.807, 2.05) is 10.8 Å². The summed E-state index contributed by atoms with van der Waals surface area (Å²) in [6, 6.07) is 0. The van der Waals surface area contributed by atoms with Crippen LogP contribution in [-0.4, -0.2) is 18.1 Å². The number of hydrogen-bond acceptors (Lipinski definition) is 3. The van der Waals surface area contributed by atoms with Crippen molar-refractivity contribution in [3.05, 3.63) is 0 Å². The normalized spacial score (nSPS) is 14.3. The molecule has 0 aromatic carbocycles. The molecule has 0 amide bonds. The quantitative estimate of drug-likeness (QED) is 0.645. The third-order valence-corrected chi connectivity index (χ3v) is 3.69. The van der Waals surface area contributed by atoms with Crippen molar-refractivity contribution in [1.82, 2.24) is 0 Å². The van der Waals surface area contributed by atoms with Crippen molar-refractivity contribution in [2.24, 2.45) is 11.7 Å². The van der Waals surface area contributed by atoms with E-state index in [0.29, 0.717) is 11.2 Å². The molecule has 1 atom stereocenters. The van der Waals surface area contributed by atoms with E-state index < -0.39 is 0 Å². The topological polar surface area (TPSA) is 26.0 Å². The molecule has 2 N–H and O–H groups in total. The first-order valence-corrected chi connectivity index (χ1v) is 5.74. The number of nitrogens with two attached hydrogens (primary N) is 1. The maximum Gasteiger partial charge on any atom is 0.0296 e. The second-order valence-corrected chi connectivity index (χ2v) is 4.99. The minimum atomic E-state index is 0.625. The van der Waals surface area contributed by atoms with Crippen molar-refractivity contribution in [2.75, 3.05) is 12.8 Å². The van der Waals surface area contributed by atoms with Gasteiger partial charge in [0.1, 0.15) is 0 Å². The van der Waals surface area contributed by atoms with Gasteiger partial charge in [0, 0.05) is 11.8 Å². The zero-order valence-corrected chi connectivity index (χ0v) is 7.89. The standard InChI is InChI=1S/C6H15NS2/c1-5(2)6(4-7)9-8-3/h5-6H,4,7H2,1-3H3/t6-/m1/s1. The van der Waals surface area contributed by atoms with Crippen LogP contribution in [0, 0.1) is 5.92 Å². The number of hydrogen-bond donors (Lipinski definition) is 1. The van der Waals surface area contributed by atoms with Crippen LogP contribution in [0.5, 0.6) is 0 Å². The van der Waals surface area contributed by atoms with Crippen molar-refractivity contribution >= 4 is 21.6 Å². The monoisotopic (exact) mass is 165 g/mol. The Kier molecular flexibility index (Phi) is 5.84. The predicted octanol–water partition coefficient (Wildman–Crippen LogP) is 1.98. The third kappa shape index (κ3) is 4.12. The Hall–Kier alpha value is 0.660. The first-order valence-electron chi connectivity index (χ1n) is 3.12. The first-order chi connectivity index (χ1) is 4.22. The Morgan fingerprint density at radius 1 is 1.44 bits per heavy atom. The Labute approximate surface area is 65.6 Å². The summed E-state index contributed by atoms with van der Waals surface area (Å²) in [5, 5.41) is 0.625. The molecule has 0 aliphatic rings. The van der Waals surface area contributed by atoms with Crippen molar-refractivity contribution in [1.29, 1.82) is 0 Å². The minimum absolute atomic E-state index is 0.625. The SMILES string of the molecule is CSS[C@H](CN)C(C)C. The third-order valence-electron chi connectivity index (χ3n) is 1.20. The summed E-state index contributed by atoms with van der Waals surface area (Å²) in [6.45, 7) is 5.21. The van der Waals surface area contributed by atoms with E-state index in [4.69, 9.17) is 5.73 Å². The first kappa shape index (κ1) is 9.66. The summed E-state index contributed by atoms with van der Waals surface area (Å²) >= 11 is 0. The van der Waals surface area contributed by atoms with Gasteiger partial charge in [0.05, 0.1) is 0 Å². The van der Waals surface area contributed by atoms with Crippen molar-refractivity contribution in [2.45, 2.75) is 19.1 Å². The molecule has 56 valence electrons. The van der Waals surface area contributed by atoms with Gasteiger partial charge in [-0.25, -0.2) is 0 Å². The highest BCUT2D eigenvalue weighted by Gasteiger charge is 2.10. The van der Waals surface area contributed by atoms with Crippen LogP contribution in [-0.2, 0) is 0 Å². The average Bonchev–Trinajstić information content (AvgIpc) is 1.82. The molecule has 0 unspecified atom stereocenters. The molecule has 0 fully saturated rings. The van der Waals surface area contributed by atoms with Gasteiger partial charge in [0.15, 0.2) is 0 Å². The summed E-state index contributed by atoms with van der Waals surface area (Å²) in [5.74, 6) is 0.701. The lowest BCUT2D eigenvalue weighted by atomic mass is 10.1. The second-order valence-electron chi connectivity index (χ2n) is 2.28.